The summed E-state index contributed by atoms with van der Waals surface area (Å²) in [4.78, 5) is 20.2. The van der Waals surface area contributed by atoms with Crippen molar-refractivity contribution in [3.05, 3.63) is 328 Å². The highest BCUT2D eigenvalue weighted by atomic mass is 16.3. The maximum absolute atomic E-state index is 6.35. The third-order valence-corrected chi connectivity index (χ3v) is 19.7. The normalized spacial score (nSPS) is 11.9. The van der Waals surface area contributed by atoms with Gasteiger partial charge in [0.1, 0.15) is 22.3 Å². The van der Waals surface area contributed by atoms with E-state index in [0.717, 1.165) is 127 Å². The van der Waals surface area contributed by atoms with Crippen LogP contribution in [0.25, 0.3) is 199 Å². The van der Waals surface area contributed by atoms with Crippen molar-refractivity contribution in [1.29, 1.82) is 0 Å². The van der Waals surface area contributed by atoms with Crippen LogP contribution in [-0.4, -0.2) is 29.1 Å². The van der Waals surface area contributed by atoms with E-state index >= 15 is 0 Å². The van der Waals surface area contributed by atoms with Crippen molar-refractivity contribution in [3.63, 3.8) is 0 Å². The number of para-hydroxylation sites is 8. The summed E-state index contributed by atoms with van der Waals surface area (Å²) in [7, 11) is 0. The highest BCUT2D eigenvalue weighted by Crippen LogP contribution is 2.43. The van der Waals surface area contributed by atoms with E-state index in [1.54, 1.807) is 0 Å². The molecule has 0 aliphatic rings. The molecule has 6 aromatic heterocycles. The van der Waals surface area contributed by atoms with E-state index in [-0.39, 0.29) is 0 Å². The lowest BCUT2D eigenvalue weighted by atomic mass is 9.96. The van der Waals surface area contributed by atoms with Crippen LogP contribution in [0.1, 0.15) is 0 Å². The van der Waals surface area contributed by atoms with E-state index < -0.39 is 0 Å². The molecule has 6 heterocycles. The first-order chi connectivity index (χ1) is 48.6. The lowest BCUT2D eigenvalue weighted by Gasteiger charge is -2.12. The van der Waals surface area contributed by atoms with Gasteiger partial charge in [0, 0.05) is 76.7 Å². The van der Waals surface area contributed by atoms with Gasteiger partial charge >= 0.3 is 0 Å². The number of rotatable bonds is 7. The van der Waals surface area contributed by atoms with Gasteiger partial charge in [0.15, 0.2) is 0 Å². The van der Waals surface area contributed by atoms with Crippen LogP contribution >= 0.6 is 0 Å². The molecule has 0 amide bonds. The molecule has 15 aromatic carbocycles. The summed E-state index contributed by atoms with van der Waals surface area (Å²) in [6.07, 6.45) is 1.91. The molecule has 0 radical (unpaired) electrons. The molecule has 0 saturated carbocycles. The first-order valence-electron chi connectivity index (χ1n) is 33.1. The molecule has 456 valence electrons. The van der Waals surface area contributed by atoms with Crippen molar-refractivity contribution in [2.24, 2.45) is 0 Å². The van der Waals surface area contributed by atoms with Crippen molar-refractivity contribution in [2.45, 2.75) is 0 Å². The van der Waals surface area contributed by atoms with E-state index in [1.807, 2.05) is 66.9 Å². The molecule has 0 saturated heterocycles. The number of benzene rings is 15. The Hall–Kier alpha value is -13.3. The van der Waals surface area contributed by atoms with Crippen molar-refractivity contribution in [1.82, 2.24) is 29.1 Å². The molecule has 0 aliphatic carbocycles. The zero-order valence-electron chi connectivity index (χ0n) is 52.7. The van der Waals surface area contributed by atoms with Gasteiger partial charge in [-0.1, -0.05) is 261 Å². The maximum atomic E-state index is 6.35. The molecule has 0 unspecified atom stereocenters. The molecule has 21 rings (SSSR count). The molecule has 0 fully saturated rings. The number of hydrogen-bond donors (Lipinski definition) is 0. The van der Waals surface area contributed by atoms with Crippen LogP contribution < -0.4 is 0 Å². The summed E-state index contributed by atoms with van der Waals surface area (Å²) in [5, 5.41) is 16.2. The highest BCUT2D eigenvalue weighted by molar-refractivity contribution is 6.23. The molecule has 0 spiro atoms. The minimum atomic E-state index is 0.661. The summed E-state index contributed by atoms with van der Waals surface area (Å²) in [5.41, 5.74) is 21.0. The minimum Gasteiger partial charge on any atom is -0.455 e. The lowest BCUT2D eigenvalue weighted by Crippen LogP contribution is -2.03. The Bertz CT molecular complexity index is 6800. The van der Waals surface area contributed by atoms with Crippen molar-refractivity contribution in [3.8, 4) is 67.7 Å². The predicted molar refractivity (Wildman–Crippen MR) is 405 cm³/mol. The summed E-state index contributed by atoms with van der Waals surface area (Å²) in [6.45, 7) is 0. The van der Waals surface area contributed by atoms with Crippen molar-refractivity contribution in [2.75, 3.05) is 0 Å². The van der Waals surface area contributed by atoms with Gasteiger partial charge in [0.2, 0.25) is 11.9 Å². The lowest BCUT2D eigenvalue weighted by molar-refractivity contribution is 0.669. The van der Waals surface area contributed by atoms with Crippen LogP contribution in [0, 0.1) is 0 Å². The predicted octanol–water partition coefficient (Wildman–Crippen LogP) is 23.9. The van der Waals surface area contributed by atoms with Gasteiger partial charge in [-0.25, -0.2) is 19.9 Å². The number of nitrogens with zero attached hydrogens (tertiary/aromatic N) is 6. The van der Waals surface area contributed by atoms with Gasteiger partial charge in [-0.3, -0.25) is 9.13 Å². The summed E-state index contributed by atoms with van der Waals surface area (Å²) >= 11 is 0. The highest BCUT2D eigenvalue weighted by Gasteiger charge is 2.22. The van der Waals surface area contributed by atoms with E-state index in [4.69, 9.17) is 28.8 Å². The van der Waals surface area contributed by atoms with Crippen LogP contribution in [0.4, 0.5) is 0 Å². The second-order valence-electron chi connectivity index (χ2n) is 25.2. The molecular formula is C90H54N6O2. The molecule has 21 aromatic rings. The third kappa shape index (κ3) is 8.85. The van der Waals surface area contributed by atoms with Gasteiger partial charge in [-0.15, -0.1) is 0 Å². The monoisotopic (exact) mass is 1250 g/mol. The Morgan fingerprint density at radius 3 is 1.24 bits per heavy atom. The Kier molecular flexibility index (Phi) is 12.5. The Morgan fingerprint density at radius 1 is 0.245 bits per heavy atom. The SMILES string of the molecule is c1ccc(-c2nc(-n3c4ccccc4c4c5cc(-c6ccc(-c7cccc8c7oc7ccccc78)cc6)ccc5ccc43)nc3ccccc23)cc1.c1ccc2nc(-n3c4ccccc4c4c5cc(-c6ccc(-c7cccc8c7oc7ccccc78)cc6)ccc5ccc43)ncc2c1. The number of fused-ring (bicyclic) bond motifs is 18. The van der Waals surface area contributed by atoms with Gasteiger partial charge in [0.25, 0.3) is 0 Å². The van der Waals surface area contributed by atoms with Crippen LogP contribution in [0.15, 0.2) is 337 Å². The van der Waals surface area contributed by atoms with Gasteiger partial charge in [-0.05, 0) is 116 Å². The first-order valence-corrected chi connectivity index (χ1v) is 33.1. The van der Waals surface area contributed by atoms with Crippen LogP contribution in [0.3, 0.4) is 0 Å². The minimum absolute atomic E-state index is 0.661. The average molecular weight is 1250 g/mol. The fraction of sp³-hybridized carbons (Fsp3) is 0. The Morgan fingerprint density at radius 2 is 0.673 bits per heavy atom. The van der Waals surface area contributed by atoms with Crippen molar-refractivity contribution < 1.29 is 8.83 Å². The maximum Gasteiger partial charge on any atom is 0.235 e. The van der Waals surface area contributed by atoms with E-state index in [2.05, 4.69) is 270 Å². The van der Waals surface area contributed by atoms with Gasteiger partial charge in [0.05, 0.1) is 38.8 Å². The average Bonchev–Trinajstić information content (AvgIpc) is 1.59. The zero-order valence-corrected chi connectivity index (χ0v) is 52.7. The standard InChI is InChI=1S/C48H29N3O.C42H25N3O/c1-2-11-33(12-3-1)46-38-14-4-7-18-41(38)49-48(50-46)51-42-19-8-5-15-39(42)45-40-29-34(26-25-32(40)27-28-43(45)51)30-21-23-31(24-22-30)35-16-10-17-37-36-13-6-9-20-44(36)52-47(35)37;1-4-13-36-30(8-1)25-43-42(44-36)45-37-14-5-2-10-34(37)40-35-24-29(21-20-28(35)22-23-38(40)45)26-16-18-27(19-17-26)31-11-7-12-33-32-9-3-6-15-39(32)46-41(31)33/h1-29H;1-25H. The second kappa shape index (κ2) is 22.2. The van der Waals surface area contributed by atoms with Gasteiger partial charge < -0.3 is 8.83 Å². The molecular weight excluding hydrogens is 1200 g/mol. The molecule has 98 heavy (non-hydrogen) atoms. The van der Waals surface area contributed by atoms with Crippen LogP contribution in [0.5, 0.6) is 0 Å². The molecule has 0 N–H and O–H groups in total. The number of hydrogen-bond acceptors (Lipinski definition) is 6. The smallest absolute Gasteiger partial charge is 0.235 e. The van der Waals surface area contributed by atoms with Crippen LogP contribution in [-0.2, 0) is 0 Å². The number of aromatic nitrogens is 6. The summed E-state index contributed by atoms with van der Waals surface area (Å²) in [5.74, 6) is 1.34. The largest absolute Gasteiger partial charge is 0.455 e. The Balaban J connectivity index is 0.000000134. The van der Waals surface area contributed by atoms with E-state index in [9.17, 15) is 0 Å². The molecule has 0 bridgehead atoms. The van der Waals surface area contributed by atoms with Gasteiger partial charge in [-0.2, -0.15) is 0 Å². The fourth-order valence-electron chi connectivity index (χ4n) is 15.0. The molecule has 8 nitrogen and oxygen atoms in total. The second-order valence-corrected chi connectivity index (χ2v) is 25.2. The topological polar surface area (TPSA) is 87.7 Å². The molecule has 0 aliphatic heterocycles. The number of furan rings is 2. The quantitative estimate of drug-likeness (QED) is 0.158. The fourth-order valence-corrected chi connectivity index (χ4v) is 15.0. The Labute approximate surface area is 560 Å². The third-order valence-electron chi connectivity index (χ3n) is 19.7. The van der Waals surface area contributed by atoms with E-state index in [0.29, 0.717) is 11.9 Å². The first kappa shape index (κ1) is 55.2. The molecule has 0 atom stereocenters. The molecule has 8 heteroatoms. The summed E-state index contributed by atoms with van der Waals surface area (Å²) in [6, 6.07) is 113. The van der Waals surface area contributed by atoms with Crippen molar-refractivity contribution >= 4 is 131 Å². The van der Waals surface area contributed by atoms with E-state index in [1.165, 1.54) is 59.8 Å². The summed E-state index contributed by atoms with van der Waals surface area (Å²) < 4.78 is 17.1. The zero-order chi connectivity index (χ0) is 64.4. The van der Waals surface area contributed by atoms with Crippen LogP contribution in [0.2, 0.25) is 0 Å².